The molecule has 0 bridgehead atoms. The van der Waals surface area contributed by atoms with Crippen molar-refractivity contribution in [3.8, 4) is 0 Å². The molecule has 1 heteroatoms. The molecule has 0 amide bonds. The minimum Gasteiger partial charge on any atom is -0.330 e. The molecule has 4 saturated carbocycles. The van der Waals surface area contributed by atoms with Gasteiger partial charge in [-0.05, 0) is 98.8 Å². The van der Waals surface area contributed by atoms with Gasteiger partial charge >= 0.3 is 0 Å². The molecule has 0 spiro atoms. The first kappa shape index (κ1) is 14.5. The normalized spacial score (nSPS) is 52.9. The summed E-state index contributed by atoms with van der Waals surface area (Å²) in [5.74, 6) is 4.27. The predicted octanol–water partition coefficient (Wildman–Crippen LogP) is 5.14. The van der Waals surface area contributed by atoms with Gasteiger partial charge in [0.25, 0.3) is 0 Å². The zero-order valence-corrected chi connectivity index (χ0v) is 14.1. The third kappa shape index (κ3) is 2.13. The molecule has 6 atom stereocenters. The molecule has 2 N–H and O–H groups in total. The molecular weight excluding hydrogens is 254 g/mol. The van der Waals surface area contributed by atoms with E-state index in [1.165, 1.54) is 57.8 Å². The Bertz CT molecular complexity index is 387. The van der Waals surface area contributed by atoms with Gasteiger partial charge in [0.2, 0.25) is 0 Å². The lowest BCUT2D eigenvalue weighted by Gasteiger charge is -2.59. The van der Waals surface area contributed by atoms with E-state index < -0.39 is 0 Å². The minimum atomic E-state index is 0.667. The van der Waals surface area contributed by atoms with Gasteiger partial charge in [0.1, 0.15) is 0 Å². The fourth-order valence-corrected chi connectivity index (χ4v) is 7.71. The van der Waals surface area contributed by atoms with Gasteiger partial charge in [-0.15, -0.1) is 0 Å². The van der Waals surface area contributed by atoms with Crippen molar-refractivity contribution in [1.82, 2.24) is 0 Å². The molecule has 0 aromatic heterocycles. The highest BCUT2D eigenvalue weighted by molar-refractivity contribution is 5.06. The van der Waals surface area contributed by atoms with Crippen LogP contribution in [-0.2, 0) is 0 Å². The molecule has 4 fully saturated rings. The lowest BCUT2D eigenvalue weighted by molar-refractivity contribution is -0.0968. The summed E-state index contributed by atoms with van der Waals surface area (Å²) in [7, 11) is 0. The Morgan fingerprint density at radius 2 is 1.57 bits per heavy atom. The monoisotopic (exact) mass is 289 g/mol. The topological polar surface area (TPSA) is 26.0 Å². The molecule has 4 aliphatic carbocycles. The Balaban J connectivity index is 1.61. The van der Waals surface area contributed by atoms with Crippen molar-refractivity contribution in [3.05, 3.63) is 0 Å². The summed E-state index contributed by atoms with van der Waals surface area (Å²) in [5.41, 5.74) is 7.43. The van der Waals surface area contributed by atoms with E-state index in [1.807, 2.05) is 0 Å². The maximum absolute atomic E-state index is 6.04. The van der Waals surface area contributed by atoms with E-state index in [2.05, 4.69) is 6.92 Å². The van der Waals surface area contributed by atoms with E-state index in [1.54, 1.807) is 19.3 Å². The van der Waals surface area contributed by atoms with E-state index in [9.17, 15) is 0 Å². The fraction of sp³-hybridized carbons (Fsp3) is 1.00. The highest BCUT2D eigenvalue weighted by Crippen LogP contribution is 2.65. The van der Waals surface area contributed by atoms with Crippen molar-refractivity contribution in [3.63, 3.8) is 0 Å². The van der Waals surface area contributed by atoms with Crippen LogP contribution in [0.15, 0.2) is 0 Å². The van der Waals surface area contributed by atoms with Crippen LogP contribution < -0.4 is 5.73 Å². The molecule has 21 heavy (non-hydrogen) atoms. The summed E-state index contributed by atoms with van der Waals surface area (Å²) in [6.45, 7) is 3.55. The van der Waals surface area contributed by atoms with Crippen molar-refractivity contribution < 1.29 is 0 Å². The van der Waals surface area contributed by atoms with Crippen LogP contribution >= 0.6 is 0 Å². The molecule has 1 nitrogen and oxygen atoms in total. The van der Waals surface area contributed by atoms with E-state index in [-0.39, 0.29) is 0 Å². The van der Waals surface area contributed by atoms with Crippen LogP contribution in [0.4, 0.5) is 0 Å². The van der Waals surface area contributed by atoms with E-state index in [4.69, 9.17) is 5.73 Å². The van der Waals surface area contributed by atoms with Gasteiger partial charge < -0.3 is 5.73 Å². The number of hydrogen-bond acceptors (Lipinski definition) is 1. The third-order valence-electron chi connectivity index (χ3n) is 8.63. The second-order valence-electron chi connectivity index (χ2n) is 9.31. The smallest absolute Gasteiger partial charge is 0.00719 e. The molecule has 0 saturated heterocycles. The van der Waals surface area contributed by atoms with Crippen molar-refractivity contribution in [2.45, 2.75) is 84.0 Å². The van der Waals surface area contributed by atoms with Gasteiger partial charge in [0, 0.05) is 0 Å². The molecule has 0 aromatic rings. The lowest BCUT2D eigenvalue weighted by Crippen LogP contribution is -2.51. The molecule has 0 aliphatic heterocycles. The first-order valence-electron chi connectivity index (χ1n) is 9.89. The van der Waals surface area contributed by atoms with Crippen LogP contribution in [0.25, 0.3) is 0 Å². The van der Waals surface area contributed by atoms with Crippen molar-refractivity contribution >= 4 is 0 Å². The van der Waals surface area contributed by atoms with E-state index in [0.717, 1.165) is 35.6 Å². The van der Waals surface area contributed by atoms with Gasteiger partial charge in [-0.1, -0.05) is 26.2 Å². The maximum atomic E-state index is 6.04. The highest BCUT2D eigenvalue weighted by Gasteiger charge is 2.56. The summed E-state index contributed by atoms with van der Waals surface area (Å²) >= 11 is 0. The van der Waals surface area contributed by atoms with Gasteiger partial charge in [0.05, 0.1) is 0 Å². The molecule has 0 radical (unpaired) electrons. The Hall–Kier alpha value is -0.0400. The van der Waals surface area contributed by atoms with Crippen LogP contribution in [0.1, 0.15) is 84.0 Å². The number of rotatable bonds is 2. The quantitative estimate of drug-likeness (QED) is 0.748. The lowest BCUT2D eigenvalue weighted by atomic mass is 9.46. The van der Waals surface area contributed by atoms with Gasteiger partial charge in [-0.3, -0.25) is 0 Å². The van der Waals surface area contributed by atoms with Crippen LogP contribution in [-0.4, -0.2) is 6.54 Å². The number of hydrogen-bond donors (Lipinski definition) is 1. The molecule has 4 rings (SSSR count). The SMILES string of the molecule is C[C@@]12CCC[C@H]1[C@@H]1CCC3(CCN)CCCC[C@@H]3[C@H]1CC2. The molecule has 4 aliphatic rings. The van der Waals surface area contributed by atoms with Gasteiger partial charge in [0.15, 0.2) is 0 Å². The second-order valence-corrected chi connectivity index (χ2v) is 9.31. The average Bonchev–Trinajstić information content (AvgIpc) is 2.89. The second kappa shape index (κ2) is 5.25. The van der Waals surface area contributed by atoms with E-state index >= 15 is 0 Å². The Morgan fingerprint density at radius 3 is 2.43 bits per heavy atom. The maximum Gasteiger partial charge on any atom is -0.00719 e. The first-order valence-corrected chi connectivity index (χ1v) is 9.89. The average molecular weight is 290 g/mol. The summed E-state index contributed by atoms with van der Waals surface area (Å²) in [4.78, 5) is 0. The largest absolute Gasteiger partial charge is 0.330 e. The zero-order chi connectivity index (χ0) is 14.5. The number of nitrogens with two attached hydrogens (primary N) is 1. The van der Waals surface area contributed by atoms with Gasteiger partial charge in [-0.25, -0.2) is 0 Å². The first-order chi connectivity index (χ1) is 10.2. The van der Waals surface area contributed by atoms with Crippen LogP contribution in [0.5, 0.6) is 0 Å². The summed E-state index contributed by atoms with van der Waals surface area (Å²) in [5, 5.41) is 0. The summed E-state index contributed by atoms with van der Waals surface area (Å²) in [6.07, 6.45) is 18.1. The fourth-order valence-electron chi connectivity index (χ4n) is 7.71. The Kier molecular flexibility index (Phi) is 3.64. The molecule has 0 heterocycles. The molecular formula is C20H35N. The van der Waals surface area contributed by atoms with Crippen LogP contribution in [0, 0.1) is 34.5 Å². The summed E-state index contributed by atoms with van der Waals surface area (Å²) in [6, 6.07) is 0. The van der Waals surface area contributed by atoms with Crippen LogP contribution in [0.2, 0.25) is 0 Å². The van der Waals surface area contributed by atoms with Crippen molar-refractivity contribution in [2.24, 2.45) is 40.2 Å². The molecule has 120 valence electrons. The van der Waals surface area contributed by atoms with Gasteiger partial charge in [-0.2, -0.15) is 0 Å². The predicted molar refractivity (Wildman–Crippen MR) is 89.0 cm³/mol. The standard InChI is InChI=1S/C20H35N/c1-19-9-4-6-17(19)15-8-12-20(13-14-21)10-3-2-5-18(20)16(15)7-11-19/h15-18H,2-14,21H2,1H3/t15-,16+,17+,18-,19+,20?/m1/s1. The van der Waals surface area contributed by atoms with Crippen LogP contribution in [0.3, 0.4) is 0 Å². The third-order valence-corrected chi connectivity index (χ3v) is 8.63. The Morgan fingerprint density at radius 1 is 0.810 bits per heavy atom. The zero-order valence-electron chi connectivity index (χ0n) is 14.1. The minimum absolute atomic E-state index is 0.667. The Labute approximate surface area is 131 Å². The highest BCUT2D eigenvalue weighted by atomic mass is 14.6. The van der Waals surface area contributed by atoms with Crippen molar-refractivity contribution in [1.29, 1.82) is 0 Å². The van der Waals surface area contributed by atoms with Crippen molar-refractivity contribution in [2.75, 3.05) is 6.54 Å². The number of fused-ring (bicyclic) bond motifs is 5. The summed E-state index contributed by atoms with van der Waals surface area (Å²) < 4.78 is 0. The molecule has 0 aromatic carbocycles. The molecule has 1 unspecified atom stereocenters. The van der Waals surface area contributed by atoms with E-state index in [0.29, 0.717) is 5.41 Å².